The van der Waals surface area contributed by atoms with Crippen LogP contribution in [0.15, 0.2) is 0 Å². The first kappa shape index (κ1) is 14.4. The van der Waals surface area contributed by atoms with Gasteiger partial charge in [0.15, 0.2) is 0 Å². The van der Waals surface area contributed by atoms with Crippen LogP contribution in [0.25, 0.3) is 0 Å². The largest absolute Gasteiger partial charge is 0.400 e. The predicted octanol–water partition coefficient (Wildman–Crippen LogP) is 0.728. The minimum atomic E-state index is -1.52. The standard InChI is InChI=1S/C9H22N2O3Si/c1-4-8(15(13-2)14-3)6-5-7-11-9(10)12/h8,15H,4-7H2,1-3H3,(H3,10,11,12). The molecule has 5 nitrogen and oxygen atoms in total. The molecular weight excluding hydrogens is 212 g/mol. The third-order valence-corrected chi connectivity index (χ3v) is 4.93. The van der Waals surface area contributed by atoms with E-state index in [1.807, 2.05) is 0 Å². The van der Waals surface area contributed by atoms with Crippen molar-refractivity contribution in [1.82, 2.24) is 5.32 Å². The summed E-state index contributed by atoms with van der Waals surface area (Å²) in [6.07, 6.45) is 2.97. The predicted molar refractivity (Wildman–Crippen MR) is 62.0 cm³/mol. The van der Waals surface area contributed by atoms with Gasteiger partial charge in [0.2, 0.25) is 0 Å². The zero-order valence-electron chi connectivity index (χ0n) is 9.79. The van der Waals surface area contributed by atoms with Gasteiger partial charge in [-0.2, -0.15) is 0 Å². The lowest BCUT2D eigenvalue weighted by atomic mass is 10.2. The van der Waals surface area contributed by atoms with Crippen molar-refractivity contribution in [3.05, 3.63) is 0 Å². The van der Waals surface area contributed by atoms with E-state index in [2.05, 4.69) is 12.2 Å². The first-order valence-electron chi connectivity index (χ1n) is 5.24. The maximum atomic E-state index is 10.4. The number of rotatable bonds is 8. The number of hydrogen-bond acceptors (Lipinski definition) is 3. The van der Waals surface area contributed by atoms with E-state index < -0.39 is 15.3 Å². The van der Waals surface area contributed by atoms with E-state index in [0.29, 0.717) is 12.1 Å². The fourth-order valence-corrected chi connectivity index (χ4v) is 3.44. The summed E-state index contributed by atoms with van der Waals surface area (Å²) >= 11 is 0. The molecule has 15 heavy (non-hydrogen) atoms. The molecule has 0 saturated heterocycles. The second-order valence-corrected chi connectivity index (χ2v) is 6.06. The molecule has 0 saturated carbocycles. The Balaban J connectivity index is 3.73. The smallest absolute Gasteiger partial charge is 0.324 e. The monoisotopic (exact) mass is 234 g/mol. The molecule has 0 aliphatic carbocycles. The molecule has 0 spiro atoms. The summed E-state index contributed by atoms with van der Waals surface area (Å²) in [6.45, 7) is 2.75. The van der Waals surface area contributed by atoms with Gasteiger partial charge in [0.1, 0.15) is 0 Å². The number of amides is 2. The highest BCUT2D eigenvalue weighted by atomic mass is 28.3. The molecule has 0 fully saturated rings. The van der Waals surface area contributed by atoms with E-state index in [4.69, 9.17) is 14.6 Å². The van der Waals surface area contributed by atoms with Crippen LogP contribution < -0.4 is 11.1 Å². The number of carbonyl (C=O) groups is 1. The van der Waals surface area contributed by atoms with Crippen LogP contribution in [0.5, 0.6) is 0 Å². The zero-order valence-corrected chi connectivity index (χ0v) is 10.9. The third kappa shape index (κ3) is 6.48. The first-order chi connectivity index (χ1) is 7.15. The normalized spacial score (nSPS) is 12.8. The topological polar surface area (TPSA) is 73.6 Å². The Morgan fingerprint density at radius 3 is 2.47 bits per heavy atom. The van der Waals surface area contributed by atoms with E-state index in [1.165, 1.54) is 0 Å². The number of nitrogens with one attached hydrogen (secondary N) is 1. The minimum absolute atomic E-state index is 0.463. The summed E-state index contributed by atoms with van der Waals surface area (Å²) in [5.41, 5.74) is 5.46. The fraction of sp³-hybridized carbons (Fsp3) is 0.889. The van der Waals surface area contributed by atoms with Crippen molar-refractivity contribution in [2.45, 2.75) is 31.7 Å². The van der Waals surface area contributed by atoms with Crippen LogP contribution in [0.1, 0.15) is 26.2 Å². The number of primary amides is 1. The minimum Gasteiger partial charge on any atom is -0.400 e. The lowest BCUT2D eigenvalue weighted by molar-refractivity contribution is 0.248. The van der Waals surface area contributed by atoms with Crippen molar-refractivity contribution in [3.63, 3.8) is 0 Å². The van der Waals surface area contributed by atoms with Gasteiger partial charge in [-0.3, -0.25) is 0 Å². The van der Waals surface area contributed by atoms with Crippen LogP contribution in [-0.4, -0.2) is 36.1 Å². The van der Waals surface area contributed by atoms with Gasteiger partial charge in [0.05, 0.1) is 0 Å². The van der Waals surface area contributed by atoms with E-state index in [1.54, 1.807) is 14.2 Å². The molecule has 0 bridgehead atoms. The second-order valence-electron chi connectivity index (χ2n) is 3.44. The van der Waals surface area contributed by atoms with Crippen molar-refractivity contribution in [2.75, 3.05) is 20.8 Å². The molecular formula is C9H22N2O3Si. The molecule has 0 heterocycles. The van der Waals surface area contributed by atoms with E-state index >= 15 is 0 Å². The number of carbonyl (C=O) groups excluding carboxylic acids is 1. The van der Waals surface area contributed by atoms with Gasteiger partial charge in [0.25, 0.3) is 0 Å². The highest BCUT2D eigenvalue weighted by Crippen LogP contribution is 2.21. The number of nitrogens with two attached hydrogens (primary N) is 1. The summed E-state index contributed by atoms with van der Waals surface area (Å²) in [5.74, 6) is 0. The Kier molecular flexibility index (Phi) is 8.35. The summed E-state index contributed by atoms with van der Waals surface area (Å²) in [4.78, 5) is 10.4. The lowest BCUT2D eigenvalue weighted by Crippen LogP contribution is -2.31. The average Bonchev–Trinajstić information content (AvgIpc) is 2.22. The quantitative estimate of drug-likeness (QED) is 0.480. The van der Waals surface area contributed by atoms with Gasteiger partial charge in [-0.25, -0.2) is 4.79 Å². The van der Waals surface area contributed by atoms with E-state index in [0.717, 1.165) is 19.3 Å². The maximum absolute atomic E-state index is 10.4. The molecule has 1 unspecified atom stereocenters. The molecule has 3 N–H and O–H groups in total. The molecule has 0 rings (SSSR count). The van der Waals surface area contributed by atoms with Crippen molar-refractivity contribution >= 4 is 15.3 Å². The molecule has 0 aromatic heterocycles. The molecule has 6 heteroatoms. The zero-order chi connectivity index (χ0) is 11.7. The molecule has 0 aromatic rings. The van der Waals surface area contributed by atoms with Crippen molar-refractivity contribution in [1.29, 1.82) is 0 Å². The van der Waals surface area contributed by atoms with Crippen LogP contribution >= 0.6 is 0 Å². The SMILES string of the molecule is CCC(CCCNC(N)=O)[SiH](OC)OC. The summed E-state index contributed by atoms with van der Waals surface area (Å²) in [5, 5.41) is 2.57. The molecule has 2 amide bonds. The summed E-state index contributed by atoms with van der Waals surface area (Å²) < 4.78 is 10.7. The van der Waals surface area contributed by atoms with Crippen LogP contribution in [0.4, 0.5) is 4.79 Å². The van der Waals surface area contributed by atoms with Crippen molar-refractivity contribution in [3.8, 4) is 0 Å². The van der Waals surface area contributed by atoms with Gasteiger partial charge < -0.3 is 19.9 Å². The Labute approximate surface area is 93.2 Å². The summed E-state index contributed by atoms with van der Waals surface area (Å²) in [7, 11) is 1.88. The van der Waals surface area contributed by atoms with E-state index in [-0.39, 0.29) is 0 Å². The highest BCUT2D eigenvalue weighted by molar-refractivity contribution is 6.46. The Hall–Kier alpha value is -0.593. The third-order valence-electron chi connectivity index (χ3n) is 2.42. The first-order valence-corrected chi connectivity index (χ1v) is 6.85. The van der Waals surface area contributed by atoms with E-state index in [9.17, 15) is 4.79 Å². The molecule has 0 radical (unpaired) electrons. The number of hydrogen-bond donors (Lipinski definition) is 2. The number of urea groups is 1. The molecule has 0 aliphatic rings. The van der Waals surface area contributed by atoms with Crippen LogP contribution in [0, 0.1) is 0 Å². The van der Waals surface area contributed by atoms with Crippen LogP contribution in [-0.2, 0) is 8.85 Å². The Bertz CT molecular complexity index is 177. The molecule has 1 atom stereocenters. The molecule has 0 aliphatic heterocycles. The molecule has 0 aromatic carbocycles. The van der Waals surface area contributed by atoms with Gasteiger partial charge in [-0.15, -0.1) is 0 Å². The Morgan fingerprint density at radius 2 is 2.07 bits per heavy atom. The highest BCUT2D eigenvalue weighted by Gasteiger charge is 2.21. The van der Waals surface area contributed by atoms with Gasteiger partial charge in [-0.05, 0) is 18.4 Å². The summed E-state index contributed by atoms with van der Waals surface area (Å²) in [6, 6.07) is -0.463. The van der Waals surface area contributed by atoms with Crippen molar-refractivity contribution in [2.24, 2.45) is 5.73 Å². The Morgan fingerprint density at radius 1 is 1.47 bits per heavy atom. The molecule has 90 valence electrons. The van der Waals surface area contributed by atoms with Crippen LogP contribution in [0.3, 0.4) is 0 Å². The van der Waals surface area contributed by atoms with Gasteiger partial charge in [-0.1, -0.05) is 13.3 Å². The second kappa shape index (κ2) is 8.69. The van der Waals surface area contributed by atoms with Gasteiger partial charge in [0, 0.05) is 20.8 Å². The lowest BCUT2D eigenvalue weighted by Gasteiger charge is -2.21. The maximum Gasteiger partial charge on any atom is 0.324 e. The van der Waals surface area contributed by atoms with Crippen molar-refractivity contribution < 1.29 is 13.6 Å². The fourth-order valence-electron chi connectivity index (χ4n) is 1.59. The van der Waals surface area contributed by atoms with Crippen LogP contribution in [0.2, 0.25) is 5.54 Å². The average molecular weight is 234 g/mol. The van der Waals surface area contributed by atoms with Gasteiger partial charge >= 0.3 is 15.3 Å².